The first-order chi connectivity index (χ1) is 12.7. The zero-order valence-corrected chi connectivity index (χ0v) is 15.2. The quantitative estimate of drug-likeness (QED) is 0.628. The molecular formula is C19H27FN4O2. The summed E-state index contributed by atoms with van der Waals surface area (Å²) in [6.45, 7) is 3.58. The number of nitrogens with one attached hydrogen (secondary N) is 2. The number of piperidine rings is 1. The van der Waals surface area contributed by atoms with Gasteiger partial charge in [-0.15, -0.1) is 0 Å². The van der Waals surface area contributed by atoms with Crippen molar-refractivity contribution in [1.82, 2.24) is 20.4 Å². The van der Waals surface area contributed by atoms with Crippen molar-refractivity contribution >= 4 is 0 Å². The topological polar surface area (TPSA) is 73.4 Å². The number of methoxy groups -OCH3 is 1. The molecule has 1 fully saturated rings. The average molecular weight is 362 g/mol. The molecule has 1 aromatic carbocycles. The Morgan fingerprint density at radius 3 is 3.08 bits per heavy atom. The van der Waals surface area contributed by atoms with E-state index in [1.54, 1.807) is 18.3 Å². The van der Waals surface area contributed by atoms with Crippen LogP contribution in [0.15, 0.2) is 24.4 Å². The molecule has 0 bridgehead atoms. The van der Waals surface area contributed by atoms with E-state index < -0.39 is 0 Å². The monoisotopic (exact) mass is 362 g/mol. The van der Waals surface area contributed by atoms with Crippen molar-refractivity contribution in [2.45, 2.75) is 31.8 Å². The summed E-state index contributed by atoms with van der Waals surface area (Å²) in [7, 11) is 1.52. The summed E-state index contributed by atoms with van der Waals surface area (Å²) < 4.78 is 19.4. The van der Waals surface area contributed by atoms with Crippen LogP contribution in [-0.2, 0) is 6.54 Å². The van der Waals surface area contributed by atoms with Gasteiger partial charge in [0.1, 0.15) is 11.6 Å². The predicted octanol–water partition coefficient (Wildman–Crippen LogP) is 2.16. The second kappa shape index (κ2) is 9.12. The molecule has 0 saturated carbocycles. The van der Waals surface area contributed by atoms with Crippen molar-refractivity contribution < 1.29 is 14.2 Å². The van der Waals surface area contributed by atoms with Gasteiger partial charge >= 0.3 is 0 Å². The summed E-state index contributed by atoms with van der Waals surface area (Å²) in [5.74, 6) is 0.152. The molecule has 7 heteroatoms. The van der Waals surface area contributed by atoms with Crippen LogP contribution in [0.4, 0.5) is 4.39 Å². The van der Waals surface area contributed by atoms with Gasteiger partial charge in [0.25, 0.3) is 0 Å². The van der Waals surface area contributed by atoms with E-state index in [1.807, 2.05) is 0 Å². The van der Waals surface area contributed by atoms with Crippen LogP contribution in [0.5, 0.6) is 5.75 Å². The summed E-state index contributed by atoms with van der Waals surface area (Å²) >= 11 is 0. The standard InChI is InChI=1S/C19H27FN4O2/c1-26-16-5-6-17(18(20)10-16)19-14(12-22-23-19)11-21-7-9-24-8-3-2-4-15(24)13-25/h5-6,10,12,15,21,25H,2-4,7-9,11,13H2,1H3,(H,22,23). The van der Waals surface area contributed by atoms with Gasteiger partial charge in [0.2, 0.25) is 0 Å². The SMILES string of the molecule is COc1ccc(-c2[nH]ncc2CNCCN2CCCCC2CO)c(F)c1. The van der Waals surface area contributed by atoms with Gasteiger partial charge in [0, 0.05) is 42.9 Å². The number of hydrogen-bond acceptors (Lipinski definition) is 5. The first kappa shape index (κ1) is 18.8. The van der Waals surface area contributed by atoms with E-state index in [4.69, 9.17) is 4.74 Å². The summed E-state index contributed by atoms with van der Waals surface area (Å²) in [5.41, 5.74) is 2.09. The fourth-order valence-corrected chi connectivity index (χ4v) is 3.51. The van der Waals surface area contributed by atoms with Crippen molar-refractivity contribution in [3.63, 3.8) is 0 Å². The Kier molecular flexibility index (Phi) is 6.60. The minimum Gasteiger partial charge on any atom is -0.497 e. The van der Waals surface area contributed by atoms with Crippen molar-refractivity contribution in [3.05, 3.63) is 35.8 Å². The van der Waals surface area contributed by atoms with E-state index in [9.17, 15) is 9.50 Å². The van der Waals surface area contributed by atoms with Gasteiger partial charge in [-0.1, -0.05) is 6.42 Å². The zero-order valence-electron chi connectivity index (χ0n) is 15.2. The molecule has 1 aromatic heterocycles. The van der Waals surface area contributed by atoms with Crippen LogP contribution in [0.3, 0.4) is 0 Å². The van der Waals surface area contributed by atoms with E-state index in [0.717, 1.165) is 31.6 Å². The van der Waals surface area contributed by atoms with E-state index in [0.29, 0.717) is 23.6 Å². The van der Waals surface area contributed by atoms with Gasteiger partial charge in [-0.25, -0.2) is 4.39 Å². The molecular weight excluding hydrogens is 335 g/mol. The second-order valence-electron chi connectivity index (χ2n) is 6.66. The van der Waals surface area contributed by atoms with Gasteiger partial charge in [0.05, 0.1) is 25.6 Å². The molecule has 1 aliphatic heterocycles. The first-order valence-electron chi connectivity index (χ1n) is 9.14. The fraction of sp³-hybridized carbons (Fsp3) is 0.526. The minimum absolute atomic E-state index is 0.225. The minimum atomic E-state index is -0.339. The van der Waals surface area contributed by atoms with Gasteiger partial charge in [-0.2, -0.15) is 5.10 Å². The van der Waals surface area contributed by atoms with Crippen LogP contribution in [0.1, 0.15) is 24.8 Å². The third kappa shape index (κ3) is 4.41. The number of ether oxygens (including phenoxy) is 1. The van der Waals surface area contributed by atoms with E-state index in [2.05, 4.69) is 20.4 Å². The third-order valence-electron chi connectivity index (χ3n) is 5.01. The van der Waals surface area contributed by atoms with Gasteiger partial charge in [0.15, 0.2) is 0 Å². The Labute approximate surface area is 153 Å². The van der Waals surface area contributed by atoms with Gasteiger partial charge in [-0.05, 0) is 31.5 Å². The van der Waals surface area contributed by atoms with Gasteiger partial charge in [-0.3, -0.25) is 10.00 Å². The molecule has 1 unspecified atom stereocenters. The van der Waals surface area contributed by atoms with Crippen LogP contribution in [0, 0.1) is 5.82 Å². The third-order valence-corrected chi connectivity index (χ3v) is 5.01. The lowest BCUT2D eigenvalue weighted by Crippen LogP contribution is -2.44. The molecule has 0 spiro atoms. The lowest BCUT2D eigenvalue weighted by Gasteiger charge is -2.34. The van der Waals surface area contributed by atoms with E-state index in [-0.39, 0.29) is 18.5 Å². The molecule has 142 valence electrons. The number of likely N-dealkylation sites (tertiary alicyclic amines) is 1. The van der Waals surface area contributed by atoms with Crippen molar-refractivity contribution in [3.8, 4) is 17.0 Å². The maximum Gasteiger partial charge on any atom is 0.136 e. The number of halogens is 1. The second-order valence-corrected chi connectivity index (χ2v) is 6.66. The molecule has 1 atom stereocenters. The number of aromatic amines is 1. The average Bonchev–Trinajstić information content (AvgIpc) is 3.13. The van der Waals surface area contributed by atoms with Crippen LogP contribution in [0.25, 0.3) is 11.3 Å². The number of aliphatic hydroxyl groups excluding tert-OH is 1. The highest BCUT2D eigenvalue weighted by molar-refractivity contribution is 5.64. The van der Waals surface area contributed by atoms with Crippen LogP contribution in [0.2, 0.25) is 0 Å². The zero-order chi connectivity index (χ0) is 18.4. The molecule has 26 heavy (non-hydrogen) atoms. The van der Waals surface area contributed by atoms with Crippen LogP contribution in [-0.4, -0.2) is 59.6 Å². The largest absolute Gasteiger partial charge is 0.497 e. The fourth-order valence-electron chi connectivity index (χ4n) is 3.51. The number of nitrogens with zero attached hydrogens (tertiary/aromatic N) is 2. The normalized spacial score (nSPS) is 18.2. The van der Waals surface area contributed by atoms with E-state index >= 15 is 0 Å². The summed E-state index contributed by atoms with van der Waals surface area (Å²) in [4.78, 5) is 2.34. The molecule has 3 rings (SSSR count). The number of H-pyrrole nitrogens is 1. The Morgan fingerprint density at radius 1 is 1.42 bits per heavy atom. The number of hydrogen-bond donors (Lipinski definition) is 3. The highest BCUT2D eigenvalue weighted by Gasteiger charge is 2.20. The van der Waals surface area contributed by atoms with Crippen molar-refractivity contribution in [2.75, 3.05) is 33.4 Å². The lowest BCUT2D eigenvalue weighted by molar-refractivity contribution is 0.0910. The Balaban J connectivity index is 1.56. The maximum atomic E-state index is 14.3. The number of rotatable bonds is 8. The van der Waals surface area contributed by atoms with Gasteiger partial charge < -0.3 is 15.2 Å². The maximum absolute atomic E-state index is 14.3. The number of aromatic nitrogens is 2. The number of benzene rings is 1. The highest BCUT2D eigenvalue weighted by Crippen LogP contribution is 2.27. The Morgan fingerprint density at radius 2 is 2.31 bits per heavy atom. The number of aliphatic hydroxyl groups is 1. The molecule has 1 aliphatic rings. The first-order valence-corrected chi connectivity index (χ1v) is 9.14. The molecule has 6 nitrogen and oxygen atoms in total. The van der Waals surface area contributed by atoms with Crippen molar-refractivity contribution in [1.29, 1.82) is 0 Å². The predicted molar refractivity (Wildman–Crippen MR) is 98.5 cm³/mol. The molecule has 1 saturated heterocycles. The Hall–Kier alpha value is -1.96. The summed E-state index contributed by atoms with van der Waals surface area (Å²) in [6, 6.07) is 5.09. The van der Waals surface area contributed by atoms with E-state index in [1.165, 1.54) is 26.0 Å². The molecule has 2 heterocycles. The molecule has 0 aliphatic carbocycles. The highest BCUT2D eigenvalue weighted by atomic mass is 19.1. The molecule has 3 N–H and O–H groups in total. The molecule has 0 amide bonds. The smallest absolute Gasteiger partial charge is 0.136 e. The Bertz CT molecular complexity index is 707. The van der Waals surface area contributed by atoms with Crippen LogP contribution >= 0.6 is 0 Å². The summed E-state index contributed by atoms with van der Waals surface area (Å²) in [5, 5.41) is 19.8. The summed E-state index contributed by atoms with van der Waals surface area (Å²) in [6.07, 6.45) is 5.18. The lowest BCUT2D eigenvalue weighted by atomic mass is 10.0. The molecule has 2 aromatic rings. The molecule has 0 radical (unpaired) electrons. The van der Waals surface area contributed by atoms with Crippen molar-refractivity contribution in [2.24, 2.45) is 0 Å². The van der Waals surface area contributed by atoms with Crippen LogP contribution < -0.4 is 10.1 Å².